The minimum absolute atomic E-state index is 0.0501. The van der Waals surface area contributed by atoms with Crippen LogP contribution in [0.2, 0.25) is 0 Å². The molecular formula is C19H22FN3O3. The predicted octanol–water partition coefficient (Wildman–Crippen LogP) is 2.68. The van der Waals surface area contributed by atoms with Crippen molar-refractivity contribution in [3.8, 4) is 5.69 Å². The lowest BCUT2D eigenvalue weighted by Crippen LogP contribution is -2.55. The summed E-state index contributed by atoms with van der Waals surface area (Å²) >= 11 is 0. The summed E-state index contributed by atoms with van der Waals surface area (Å²) in [5.41, 5.74) is 2.45. The van der Waals surface area contributed by atoms with Gasteiger partial charge in [-0.05, 0) is 57.4 Å². The fraction of sp³-hybridized carbons (Fsp3) is 0.421. The van der Waals surface area contributed by atoms with Gasteiger partial charge in [0.05, 0.1) is 29.8 Å². The van der Waals surface area contributed by atoms with Gasteiger partial charge in [0.15, 0.2) is 0 Å². The summed E-state index contributed by atoms with van der Waals surface area (Å²) < 4.78 is 14.8. The molecule has 1 aromatic heterocycles. The number of hydrogen-bond donors (Lipinski definition) is 2. The van der Waals surface area contributed by atoms with E-state index in [1.807, 2.05) is 13.8 Å². The van der Waals surface area contributed by atoms with E-state index in [9.17, 15) is 14.0 Å². The number of aromatic nitrogens is 2. The third-order valence-corrected chi connectivity index (χ3v) is 5.05. The molecule has 1 heterocycles. The molecule has 0 aliphatic heterocycles. The average molecular weight is 359 g/mol. The molecule has 0 bridgehead atoms. The number of carbonyl (C=O) groups is 2. The summed E-state index contributed by atoms with van der Waals surface area (Å²) in [4.78, 5) is 23.6. The lowest BCUT2D eigenvalue weighted by atomic mass is 9.74. The highest BCUT2D eigenvalue weighted by molar-refractivity contribution is 5.81. The maximum Gasteiger partial charge on any atom is 0.305 e. The molecule has 1 amide bonds. The quantitative estimate of drug-likeness (QED) is 0.830. The lowest BCUT2D eigenvalue weighted by Gasteiger charge is -2.41. The van der Waals surface area contributed by atoms with E-state index in [-0.39, 0.29) is 24.6 Å². The van der Waals surface area contributed by atoms with Gasteiger partial charge in [0, 0.05) is 11.3 Å². The lowest BCUT2D eigenvalue weighted by molar-refractivity contribution is -0.140. The fourth-order valence-corrected chi connectivity index (χ4v) is 3.50. The topological polar surface area (TPSA) is 84.2 Å². The number of hydrogen-bond acceptors (Lipinski definition) is 3. The van der Waals surface area contributed by atoms with Crippen molar-refractivity contribution in [3.05, 3.63) is 47.0 Å². The third-order valence-electron chi connectivity index (χ3n) is 5.05. The van der Waals surface area contributed by atoms with E-state index in [4.69, 9.17) is 5.11 Å². The minimum Gasteiger partial charge on any atom is -0.481 e. The summed E-state index contributed by atoms with van der Waals surface area (Å²) in [5.74, 6) is -1.42. The van der Waals surface area contributed by atoms with E-state index in [2.05, 4.69) is 10.4 Å². The Bertz CT molecular complexity index is 838. The average Bonchev–Trinajstić information content (AvgIpc) is 2.81. The van der Waals surface area contributed by atoms with Gasteiger partial charge in [0.25, 0.3) is 0 Å². The number of benzene rings is 1. The first-order valence-electron chi connectivity index (χ1n) is 8.63. The number of aryl methyl sites for hydroxylation is 1. The second kappa shape index (κ2) is 6.90. The summed E-state index contributed by atoms with van der Waals surface area (Å²) in [6.07, 6.45) is 2.40. The number of rotatable bonds is 6. The highest BCUT2D eigenvalue weighted by atomic mass is 19.1. The van der Waals surface area contributed by atoms with Crippen LogP contribution in [-0.2, 0) is 16.0 Å². The van der Waals surface area contributed by atoms with Crippen LogP contribution in [0.25, 0.3) is 5.69 Å². The molecule has 1 aliphatic rings. The third kappa shape index (κ3) is 3.61. The number of aliphatic carboxylic acids is 1. The number of halogens is 1. The molecule has 138 valence electrons. The fourth-order valence-electron chi connectivity index (χ4n) is 3.50. The molecule has 1 fully saturated rings. The van der Waals surface area contributed by atoms with Gasteiger partial charge < -0.3 is 10.4 Å². The molecule has 26 heavy (non-hydrogen) atoms. The Morgan fingerprint density at radius 2 is 1.92 bits per heavy atom. The normalized spacial score (nSPS) is 15.3. The summed E-state index contributed by atoms with van der Waals surface area (Å²) in [5, 5.41) is 16.4. The van der Waals surface area contributed by atoms with Gasteiger partial charge in [-0.15, -0.1) is 0 Å². The van der Waals surface area contributed by atoms with Crippen LogP contribution in [0.5, 0.6) is 0 Å². The molecule has 0 radical (unpaired) electrons. The Morgan fingerprint density at radius 3 is 2.46 bits per heavy atom. The van der Waals surface area contributed by atoms with Crippen molar-refractivity contribution < 1.29 is 19.1 Å². The highest BCUT2D eigenvalue weighted by Crippen LogP contribution is 2.35. The molecular weight excluding hydrogens is 337 g/mol. The zero-order chi connectivity index (χ0) is 18.9. The first-order valence-corrected chi connectivity index (χ1v) is 8.63. The van der Waals surface area contributed by atoms with Crippen LogP contribution in [0, 0.1) is 19.7 Å². The van der Waals surface area contributed by atoms with Gasteiger partial charge in [0.1, 0.15) is 5.82 Å². The second-order valence-electron chi connectivity index (χ2n) is 6.97. The standard InChI is InChI=1S/C19H22FN3O3/c1-12-16(10-17(24)21-19(8-3-9-19)11-18(25)26)13(2)23(22-12)15-6-4-14(20)5-7-15/h4-7H,3,8-11H2,1-2H3,(H,21,24)(H,25,26). The molecule has 7 heteroatoms. The number of nitrogens with one attached hydrogen (secondary N) is 1. The maximum absolute atomic E-state index is 13.1. The molecule has 1 aromatic carbocycles. The van der Waals surface area contributed by atoms with Gasteiger partial charge in [0.2, 0.25) is 5.91 Å². The van der Waals surface area contributed by atoms with E-state index in [1.54, 1.807) is 16.8 Å². The Kier molecular flexibility index (Phi) is 4.80. The molecule has 2 aromatic rings. The molecule has 2 N–H and O–H groups in total. The molecule has 0 atom stereocenters. The zero-order valence-corrected chi connectivity index (χ0v) is 14.9. The smallest absolute Gasteiger partial charge is 0.305 e. The Morgan fingerprint density at radius 1 is 1.27 bits per heavy atom. The van der Waals surface area contributed by atoms with E-state index >= 15 is 0 Å². The molecule has 0 unspecified atom stereocenters. The predicted molar refractivity (Wildman–Crippen MR) is 93.7 cm³/mol. The monoisotopic (exact) mass is 359 g/mol. The van der Waals surface area contributed by atoms with Crippen molar-refractivity contribution >= 4 is 11.9 Å². The van der Waals surface area contributed by atoms with Gasteiger partial charge in [-0.2, -0.15) is 5.10 Å². The molecule has 1 saturated carbocycles. The zero-order valence-electron chi connectivity index (χ0n) is 14.9. The van der Waals surface area contributed by atoms with Crippen molar-refractivity contribution in [2.75, 3.05) is 0 Å². The largest absolute Gasteiger partial charge is 0.481 e. The first-order chi connectivity index (χ1) is 12.3. The molecule has 3 rings (SSSR count). The number of nitrogens with zero attached hydrogens (tertiary/aromatic N) is 2. The maximum atomic E-state index is 13.1. The first kappa shape index (κ1) is 18.1. The summed E-state index contributed by atoms with van der Waals surface area (Å²) in [7, 11) is 0. The molecule has 6 nitrogen and oxygen atoms in total. The number of carboxylic acids is 1. The van der Waals surface area contributed by atoms with Crippen molar-refractivity contribution in [3.63, 3.8) is 0 Å². The Balaban J connectivity index is 1.76. The van der Waals surface area contributed by atoms with Crippen molar-refractivity contribution in [2.45, 2.75) is 51.5 Å². The number of carboxylic acid groups (broad SMARTS) is 1. The minimum atomic E-state index is -0.901. The number of carbonyl (C=O) groups excluding carboxylic acids is 1. The molecule has 1 aliphatic carbocycles. The van der Waals surface area contributed by atoms with Crippen LogP contribution in [-0.4, -0.2) is 32.3 Å². The van der Waals surface area contributed by atoms with E-state index < -0.39 is 11.5 Å². The van der Waals surface area contributed by atoms with Crippen LogP contribution in [0.1, 0.15) is 42.6 Å². The van der Waals surface area contributed by atoms with Crippen LogP contribution in [0.3, 0.4) is 0 Å². The Labute approximate surface area is 151 Å². The van der Waals surface area contributed by atoms with Crippen molar-refractivity contribution in [1.29, 1.82) is 0 Å². The highest BCUT2D eigenvalue weighted by Gasteiger charge is 2.40. The van der Waals surface area contributed by atoms with E-state index in [0.717, 1.165) is 29.1 Å². The second-order valence-corrected chi connectivity index (χ2v) is 6.97. The SMILES string of the molecule is Cc1nn(-c2ccc(F)cc2)c(C)c1CC(=O)NC1(CC(=O)O)CCC1. The summed E-state index contributed by atoms with van der Waals surface area (Å²) in [6.45, 7) is 3.69. The summed E-state index contributed by atoms with van der Waals surface area (Å²) in [6, 6.07) is 6.00. The van der Waals surface area contributed by atoms with Crippen molar-refractivity contribution in [1.82, 2.24) is 15.1 Å². The Hall–Kier alpha value is -2.70. The van der Waals surface area contributed by atoms with Gasteiger partial charge in [-0.1, -0.05) is 0 Å². The van der Waals surface area contributed by atoms with E-state index in [1.165, 1.54) is 12.1 Å². The molecule has 0 spiro atoms. The van der Waals surface area contributed by atoms with Crippen molar-refractivity contribution in [2.24, 2.45) is 0 Å². The van der Waals surface area contributed by atoms with Crippen LogP contribution in [0.15, 0.2) is 24.3 Å². The van der Waals surface area contributed by atoms with Crippen LogP contribution < -0.4 is 5.32 Å². The van der Waals surface area contributed by atoms with Crippen LogP contribution >= 0.6 is 0 Å². The van der Waals surface area contributed by atoms with E-state index in [0.29, 0.717) is 12.8 Å². The van der Waals surface area contributed by atoms with Gasteiger partial charge in [-0.3, -0.25) is 9.59 Å². The molecule has 0 saturated heterocycles. The van der Waals surface area contributed by atoms with Gasteiger partial charge in [-0.25, -0.2) is 9.07 Å². The van der Waals surface area contributed by atoms with Gasteiger partial charge >= 0.3 is 5.97 Å². The number of amides is 1. The van der Waals surface area contributed by atoms with Crippen LogP contribution in [0.4, 0.5) is 4.39 Å².